The molecule has 0 aliphatic rings. The molecule has 5 nitrogen and oxygen atoms in total. The van der Waals surface area contributed by atoms with Gasteiger partial charge >= 0.3 is 0 Å². The number of rotatable bonds is 6. The molecule has 16 heavy (non-hydrogen) atoms. The van der Waals surface area contributed by atoms with Gasteiger partial charge in [-0.25, -0.2) is 8.42 Å². The fraction of sp³-hybridized carbons (Fsp3) is 0.500. The number of sulfonamides is 1. The molecule has 0 fully saturated rings. The molecule has 2 N–H and O–H groups in total. The van der Waals surface area contributed by atoms with Crippen LogP contribution in [-0.4, -0.2) is 30.9 Å². The zero-order valence-corrected chi connectivity index (χ0v) is 10.00. The summed E-state index contributed by atoms with van der Waals surface area (Å²) in [7, 11) is -3.33. The van der Waals surface area contributed by atoms with Gasteiger partial charge in [0.05, 0.1) is 17.6 Å². The third-order valence-electron chi connectivity index (χ3n) is 2.13. The van der Waals surface area contributed by atoms with E-state index in [2.05, 4.69) is 9.71 Å². The van der Waals surface area contributed by atoms with Crippen molar-refractivity contribution in [3.05, 3.63) is 24.0 Å². The number of unbranched alkanes of at least 4 members (excludes halogenated alkanes) is 1. The largest absolute Gasteiger partial charge is 0.396 e. The molecule has 0 bridgehead atoms. The van der Waals surface area contributed by atoms with Gasteiger partial charge in [-0.1, -0.05) is 0 Å². The van der Waals surface area contributed by atoms with Crippen molar-refractivity contribution in [2.45, 2.75) is 19.8 Å². The van der Waals surface area contributed by atoms with Crippen molar-refractivity contribution in [1.29, 1.82) is 0 Å². The van der Waals surface area contributed by atoms with Crippen molar-refractivity contribution in [3.8, 4) is 0 Å². The molecule has 0 saturated carbocycles. The Bertz CT molecular complexity index is 431. The standard InChI is InChI=1S/C10H16N2O3S/c1-9-4-5-11-8-10(9)12-16(14,15)7-3-2-6-13/h4-5,8,12-13H,2-3,6-7H2,1H3. The highest BCUT2D eigenvalue weighted by molar-refractivity contribution is 7.92. The zero-order chi connectivity index (χ0) is 12.0. The van der Waals surface area contributed by atoms with Gasteiger partial charge in [-0.3, -0.25) is 9.71 Å². The Morgan fingerprint density at radius 2 is 2.19 bits per heavy atom. The van der Waals surface area contributed by atoms with Gasteiger partial charge in [0.15, 0.2) is 0 Å². The SMILES string of the molecule is Cc1ccncc1NS(=O)(=O)CCCCO. The van der Waals surface area contributed by atoms with Crippen molar-refractivity contribution < 1.29 is 13.5 Å². The number of aliphatic hydroxyl groups excluding tert-OH is 1. The van der Waals surface area contributed by atoms with Crippen LogP contribution in [0.5, 0.6) is 0 Å². The number of hydrogen-bond donors (Lipinski definition) is 2. The fourth-order valence-electron chi connectivity index (χ4n) is 1.19. The van der Waals surface area contributed by atoms with E-state index in [9.17, 15) is 8.42 Å². The van der Waals surface area contributed by atoms with E-state index in [-0.39, 0.29) is 12.4 Å². The highest BCUT2D eigenvalue weighted by Crippen LogP contribution is 2.13. The number of anilines is 1. The summed E-state index contributed by atoms with van der Waals surface area (Å²) in [5, 5.41) is 8.57. The van der Waals surface area contributed by atoms with Gasteiger partial charge in [0, 0.05) is 12.8 Å². The lowest BCUT2D eigenvalue weighted by Crippen LogP contribution is -2.17. The van der Waals surface area contributed by atoms with Gasteiger partial charge in [0.2, 0.25) is 10.0 Å². The maximum atomic E-state index is 11.6. The van der Waals surface area contributed by atoms with Crippen molar-refractivity contribution in [3.63, 3.8) is 0 Å². The summed E-state index contributed by atoms with van der Waals surface area (Å²) in [6.45, 7) is 1.83. The van der Waals surface area contributed by atoms with Gasteiger partial charge in [-0.2, -0.15) is 0 Å². The predicted molar refractivity (Wildman–Crippen MR) is 62.7 cm³/mol. The molecule has 0 saturated heterocycles. The lowest BCUT2D eigenvalue weighted by atomic mass is 10.3. The Morgan fingerprint density at radius 1 is 1.44 bits per heavy atom. The maximum Gasteiger partial charge on any atom is 0.232 e. The third kappa shape index (κ3) is 4.16. The minimum Gasteiger partial charge on any atom is -0.396 e. The summed E-state index contributed by atoms with van der Waals surface area (Å²) in [6.07, 6.45) is 4.04. The van der Waals surface area contributed by atoms with E-state index in [4.69, 9.17) is 5.11 Å². The Balaban J connectivity index is 2.63. The van der Waals surface area contributed by atoms with Crippen LogP contribution in [0.3, 0.4) is 0 Å². The minimum absolute atomic E-state index is 0.0153. The number of hydrogen-bond acceptors (Lipinski definition) is 4. The molecular weight excluding hydrogens is 228 g/mol. The van der Waals surface area contributed by atoms with Gasteiger partial charge in [-0.05, 0) is 31.4 Å². The van der Waals surface area contributed by atoms with Crippen molar-refractivity contribution in [2.75, 3.05) is 17.1 Å². The highest BCUT2D eigenvalue weighted by Gasteiger charge is 2.11. The Morgan fingerprint density at radius 3 is 2.81 bits per heavy atom. The van der Waals surface area contributed by atoms with Crippen molar-refractivity contribution >= 4 is 15.7 Å². The average Bonchev–Trinajstić information content (AvgIpc) is 2.21. The highest BCUT2D eigenvalue weighted by atomic mass is 32.2. The molecule has 1 rings (SSSR count). The van der Waals surface area contributed by atoms with Gasteiger partial charge in [0.1, 0.15) is 0 Å². The van der Waals surface area contributed by atoms with E-state index in [1.165, 1.54) is 6.20 Å². The van der Waals surface area contributed by atoms with Crippen molar-refractivity contribution in [1.82, 2.24) is 4.98 Å². The second-order valence-electron chi connectivity index (χ2n) is 3.54. The van der Waals surface area contributed by atoms with Gasteiger partial charge in [-0.15, -0.1) is 0 Å². The topological polar surface area (TPSA) is 79.3 Å². The summed E-state index contributed by atoms with van der Waals surface area (Å²) in [6, 6.07) is 1.74. The first-order valence-electron chi connectivity index (χ1n) is 5.07. The number of aryl methyl sites for hydroxylation is 1. The normalized spacial score (nSPS) is 11.4. The summed E-state index contributed by atoms with van der Waals surface area (Å²) in [5.41, 5.74) is 1.34. The molecule has 90 valence electrons. The first kappa shape index (κ1) is 12.9. The molecule has 1 aromatic heterocycles. The third-order valence-corrected chi connectivity index (χ3v) is 3.48. The molecule has 0 amide bonds. The predicted octanol–water partition coefficient (Wildman–Crippen LogP) is 0.904. The number of nitrogens with zero attached hydrogens (tertiary/aromatic N) is 1. The number of aromatic nitrogens is 1. The van der Waals surface area contributed by atoms with Crippen LogP contribution in [0.1, 0.15) is 18.4 Å². The molecule has 0 unspecified atom stereocenters. The van der Waals surface area contributed by atoms with Crippen LogP contribution < -0.4 is 4.72 Å². The minimum atomic E-state index is -3.33. The number of aliphatic hydroxyl groups is 1. The van der Waals surface area contributed by atoms with Crippen LogP contribution >= 0.6 is 0 Å². The fourth-order valence-corrected chi connectivity index (χ4v) is 2.43. The second kappa shape index (κ2) is 5.81. The molecule has 1 aromatic rings. The van der Waals surface area contributed by atoms with Crippen LogP contribution in [-0.2, 0) is 10.0 Å². The summed E-state index contributed by atoms with van der Waals surface area (Å²) < 4.78 is 25.7. The quantitative estimate of drug-likeness (QED) is 0.729. The number of pyridine rings is 1. The van der Waals surface area contributed by atoms with E-state index >= 15 is 0 Å². The van der Waals surface area contributed by atoms with Crippen LogP contribution in [0.15, 0.2) is 18.5 Å². The lowest BCUT2D eigenvalue weighted by Gasteiger charge is -2.09. The Hall–Kier alpha value is -1.14. The van der Waals surface area contributed by atoms with Crippen LogP contribution in [0.25, 0.3) is 0 Å². The molecule has 0 aliphatic heterocycles. The van der Waals surface area contributed by atoms with E-state index in [0.717, 1.165) is 5.56 Å². The zero-order valence-electron chi connectivity index (χ0n) is 9.18. The van der Waals surface area contributed by atoms with E-state index in [0.29, 0.717) is 18.5 Å². The molecule has 0 aliphatic carbocycles. The van der Waals surface area contributed by atoms with Crippen LogP contribution in [0.2, 0.25) is 0 Å². The molecule has 0 aromatic carbocycles. The molecule has 0 atom stereocenters. The monoisotopic (exact) mass is 244 g/mol. The molecule has 0 spiro atoms. The van der Waals surface area contributed by atoms with E-state index in [1.54, 1.807) is 12.3 Å². The van der Waals surface area contributed by atoms with Crippen molar-refractivity contribution in [2.24, 2.45) is 0 Å². The maximum absolute atomic E-state index is 11.6. The Kier molecular flexibility index (Phi) is 4.70. The number of nitrogens with one attached hydrogen (secondary N) is 1. The molecule has 1 heterocycles. The first-order valence-corrected chi connectivity index (χ1v) is 6.72. The Labute approximate surface area is 95.6 Å². The summed E-state index contributed by atoms with van der Waals surface area (Å²) >= 11 is 0. The lowest BCUT2D eigenvalue weighted by molar-refractivity contribution is 0.287. The van der Waals surface area contributed by atoms with E-state index < -0.39 is 10.0 Å². The first-order chi connectivity index (χ1) is 7.55. The summed E-state index contributed by atoms with van der Waals surface area (Å²) in [5.74, 6) is 0.0158. The van der Waals surface area contributed by atoms with E-state index in [1.807, 2.05) is 6.92 Å². The van der Waals surface area contributed by atoms with Crippen LogP contribution in [0.4, 0.5) is 5.69 Å². The van der Waals surface area contributed by atoms with Gasteiger partial charge < -0.3 is 5.11 Å². The summed E-state index contributed by atoms with van der Waals surface area (Å²) in [4.78, 5) is 3.86. The second-order valence-corrected chi connectivity index (χ2v) is 5.38. The molecule has 0 radical (unpaired) electrons. The smallest absolute Gasteiger partial charge is 0.232 e. The molecule has 6 heteroatoms. The van der Waals surface area contributed by atoms with Crippen LogP contribution in [0, 0.1) is 6.92 Å². The molecular formula is C10H16N2O3S. The van der Waals surface area contributed by atoms with Gasteiger partial charge in [0.25, 0.3) is 0 Å². The average molecular weight is 244 g/mol.